The third kappa shape index (κ3) is 3.66. The molecule has 166 valence electrons. The van der Waals surface area contributed by atoms with Gasteiger partial charge in [-0.15, -0.1) is 0 Å². The van der Waals surface area contributed by atoms with Gasteiger partial charge in [0.1, 0.15) is 18.3 Å². The Kier molecular flexibility index (Phi) is 4.79. The molecule has 33 heavy (non-hydrogen) atoms. The Morgan fingerprint density at radius 2 is 2.09 bits per heavy atom. The lowest BCUT2D eigenvalue weighted by atomic mass is 10.0. The normalized spacial score (nSPS) is 13.9. The highest BCUT2D eigenvalue weighted by Crippen LogP contribution is 2.41. The monoisotopic (exact) mass is 451 g/mol. The van der Waals surface area contributed by atoms with Crippen molar-refractivity contribution in [1.29, 1.82) is 5.26 Å². The van der Waals surface area contributed by atoms with E-state index in [2.05, 4.69) is 21.0 Å². The molecule has 0 spiro atoms. The minimum Gasteiger partial charge on any atom is -0.376 e. The van der Waals surface area contributed by atoms with Crippen LogP contribution in [0.4, 0.5) is 13.2 Å². The van der Waals surface area contributed by atoms with E-state index in [0.29, 0.717) is 28.2 Å². The first kappa shape index (κ1) is 20.9. The zero-order valence-electron chi connectivity index (χ0n) is 17.0. The van der Waals surface area contributed by atoms with Gasteiger partial charge in [-0.2, -0.15) is 18.4 Å². The highest BCUT2D eigenvalue weighted by atomic mass is 19.4. The number of benzene rings is 1. The van der Waals surface area contributed by atoms with Crippen molar-refractivity contribution in [2.24, 2.45) is 0 Å². The third-order valence-corrected chi connectivity index (χ3v) is 5.65. The number of nitrogens with zero attached hydrogens (tertiary/aromatic N) is 4. The molecular formula is C23H16F3N5O2. The molecule has 1 aliphatic carbocycles. The lowest BCUT2D eigenvalue weighted by molar-refractivity contribution is -0.141. The number of nitriles is 1. The molecular weight excluding hydrogens is 435 g/mol. The third-order valence-electron chi connectivity index (χ3n) is 5.65. The van der Waals surface area contributed by atoms with Crippen LogP contribution in [-0.2, 0) is 12.9 Å². The van der Waals surface area contributed by atoms with Crippen LogP contribution in [0.2, 0.25) is 0 Å². The Labute approximate surface area is 185 Å². The zero-order chi connectivity index (χ0) is 23.3. The number of aliphatic hydroxyl groups is 1. The van der Waals surface area contributed by atoms with Gasteiger partial charge in [0.2, 0.25) is 0 Å². The summed E-state index contributed by atoms with van der Waals surface area (Å²) in [7, 11) is 0. The van der Waals surface area contributed by atoms with Gasteiger partial charge in [0.25, 0.3) is 0 Å². The number of hydrogen-bond donors (Lipinski definition) is 2. The number of fused-ring (bicyclic) bond motifs is 1. The number of ketones is 1. The average molecular weight is 451 g/mol. The van der Waals surface area contributed by atoms with E-state index >= 15 is 0 Å². The highest BCUT2D eigenvalue weighted by molar-refractivity contribution is 6.10. The van der Waals surface area contributed by atoms with E-state index in [4.69, 9.17) is 0 Å². The number of carbonyl (C=O) groups is 1. The van der Waals surface area contributed by atoms with Crippen LogP contribution in [-0.4, -0.2) is 30.4 Å². The van der Waals surface area contributed by atoms with Gasteiger partial charge in [-0.05, 0) is 54.7 Å². The van der Waals surface area contributed by atoms with Crippen LogP contribution in [0.3, 0.4) is 0 Å². The first-order chi connectivity index (χ1) is 15.8. The fraction of sp³-hybridized carbons (Fsp3) is 0.217. The molecule has 2 N–H and O–H groups in total. The van der Waals surface area contributed by atoms with Gasteiger partial charge >= 0.3 is 6.18 Å². The van der Waals surface area contributed by atoms with Crippen LogP contribution < -0.4 is 0 Å². The smallest absolute Gasteiger partial charge is 0.376 e. The maximum Gasteiger partial charge on any atom is 0.434 e. The number of aromatic amines is 1. The molecule has 5 rings (SSSR count). The van der Waals surface area contributed by atoms with E-state index in [9.17, 15) is 28.3 Å². The fourth-order valence-corrected chi connectivity index (χ4v) is 3.92. The topological polar surface area (TPSA) is 108 Å². The summed E-state index contributed by atoms with van der Waals surface area (Å²) >= 11 is 0. The van der Waals surface area contributed by atoms with Crippen molar-refractivity contribution in [2.45, 2.75) is 31.7 Å². The Morgan fingerprint density at radius 1 is 1.30 bits per heavy atom. The van der Waals surface area contributed by atoms with E-state index in [0.717, 1.165) is 30.7 Å². The largest absolute Gasteiger partial charge is 0.434 e. The van der Waals surface area contributed by atoms with Gasteiger partial charge in [-0.1, -0.05) is 0 Å². The average Bonchev–Trinajstić information content (AvgIpc) is 3.42. The maximum atomic E-state index is 13.3. The predicted octanol–water partition coefficient (Wildman–Crippen LogP) is 4.38. The molecule has 3 heterocycles. The standard InChI is InChI=1S/C23H16F3N5O2/c24-23(25,26)21-16(2-1-5-28-21)20(33)15-8-18(31(10-15)11-32)22-29-17-7-13(12-3-4-12)6-14(9-27)19(17)30-22/h1-2,5-8,10,12,32H,3-4,11H2,(H,29,30). The number of aliphatic hydroxyl groups excluding tert-OH is 1. The van der Waals surface area contributed by atoms with Crippen LogP contribution in [0.5, 0.6) is 0 Å². The van der Waals surface area contributed by atoms with E-state index in [-0.39, 0.29) is 11.4 Å². The SMILES string of the molecule is N#Cc1cc(C2CC2)cc2[nH]c(-c3cc(C(=O)c4cccnc4C(F)(F)F)cn3CO)nc12. The van der Waals surface area contributed by atoms with Gasteiger partial charge in [-0.3, -0.25) is 9.78 Å². The first-order valence-corrected chi connectivity index (χ1v) is 10.1. The molecule has 4 aromatic rings. The summed E-state index contributed by atoms with van der Waals surface area (Å²) in [5.74, 6) is -0.181. The van der Waals surface area contributed by atoms with Gasteiger partial charge in [-0.25, -0.2) is 4.98 Å². The van der Waals surface area contributed by atoms with E-state index in [1.165, 1.54) is 22.9 Å². The van der Waals surface area contributed by atoms with Crippen molar-refractivity contribution < 1.29 is 23.1 Å². The summed E-state index contributed by atoms with van der Waals surface area (Å²) in [4.78, 5) is 23.8. The molecule has 10 heteroatoms. The van der Waals surface area contributed by atoms with E-state index in [1.54, 1.807) is 0 Å². The van der Waals surface area contributed by atoms with Crippen LogP contribution in [0, 0.1) is 11.3 Å². The Hall–Kier alpha value is -3.97. The fourth-order valence-electron chi connectivity index (χ4n) is 3.92. The minimum atomic E-state index is -4.79. The van der Waals surface area contributed by atoms with Crippen molar-refractivity contribution >= 4 is 16.8 Å². The summed E-state index contributed by atoms with van der Waals surface area (Å²) in [5.41, 5.74) is 0.904. The first-order valence-electron chi connectivity index (χ1n) is 10.1. The van der Waals surface area contributed by atoms with Crippen molar-refractivity contribution in [2.75, 3.05) is 0 Å². The summed E-state index contributed by atoms with van der Waals surface area (Å²) in [5, 5.41) is 19.3. The molecule has 0 radical (unpaired) electrons. The molecule has 7 nitrogen and oxygen atoms in total. The maximum absolute atomic E-state index is 13.3. The molecule has 0 unspecified atom stereocenters. The number of carbonyl (C=O) groups excluding carboxylic acids is 1. The van der Waals surface area contributed by atoms with Crippen molar-refractivity contribution in [3.05, 3.63) is 70.7 Å². The number of H-pyrrole nitrogens is 1. The molecule has 1 saturated carbocycles. The van der Waals surface area contributed by atoms with Gasteiger partial charge < -0.3 is 14.7 Å². The van der Waals surface area contributed by atoms with Crippen LogP contribution in [0.1, 0.15) is 51.5 Å². The van der Waals surface area contributed by atoms with Crippen molar-refractivity contribution in [3.63, 3.8) is 0 Å². The molecule has 0 amide bonds. The number of rotatable bonds is 5. The molecule has 0 bridgehead atoms. The lowest BCUT2D eigenvalue weighted by Gasteiger charge is -2.09. The quantitative estimate of drug-likeness (QED) is 0.438. The van der Waals surface area contributed by atoms with Gasteiger partial charge in [0.05, 0.1) is 22.3 Å². The van der Waals surface area contributed by atoms with Crippen LogP contribution >= 0.6 is 0 Å². The Bertz CT molecular complexity index is 1440. The summed E-state index contributed by atoms with van der Waals surface area (Å²) in [6, 6.07) is 9.56. The second-order valence-corrected chi connectivity index (χ2v) is 7.89. The van der Waals surface area contributed by atoms with E-state index < -0.39 is 29.9 Å². The molecule has 1 fully saturated rings. The Morgan fingerprint density at radius 3 is 2.76 bits per heavy atom. The summed E-state index contributed by atoms with van der Waals surface area (Å²) in [6.07, 6.45) is -0.435. The highest BCUT2D eigenvalue weighted by Gasteiger charge is 2.37. The van der Waals surface area contributed by atoms with Gasteiger partial charge in [0, 0.05) is 18.0 Å². The number of imidazole rings is 1. The number of pyridine rings is 1. The zero-order valence-corrected chi connectivity index (χ0v) is 17.0. The second-order valence-electron chi connectivity index (χ2n) is 7.89. The van der Waals surface area contributed by atoms with Crippen molar-refractivity contribution in [1.82, 2.24) is 19.5 Å². The lowest BCUT2D eigenvalue weighted by Crippen LogP contribution is -2.15. The molecule has 1 aliphatic rings. The number of nitrogens with one attached hydrogen (secondary N) is 1. The summed E-state index contributed by atoms with van der Waals surface area (Å²) < 4.78 is 41.3. The summed E-state index contributed by atoms with van der Waals surface area (Å²) in [6.45, 7) is -0.530. The van der Waals surface area contributed by atoms with Crippen LogP contribution in [0.15, 0.2) is 42.7 Å². The van der Waals surface area contributed by atoms with Crippen LogP contribution in [0.25, 0.3) is 22.6 Å². The molecule has 0 atom stereocenters. The number of aromatic nitrogens is 4. The van der Waals surface area contributed by atoms with Crippen molar-refractivity contribution in [3.8, 4) is 17.6 Å². The number of halogens is 3. The van der Waals surface area contributed by atoms with E-state index in [1.807, 2.05) is 12.1 Å². The number of hydrogen-bond acceptors (Lipinski definition) is 5. The van der Waals surface area contributed by atoms with Gasteiger partial charge in [0.15, 0.2) is 17.3 Å². The Balaban J connectivity index is 1.59. The minimum absolute atomic E-state index is 0.0582. The number of alkyl halides is 3. The molecule has 3 aromatic heterocycles. The second kappa shape index (κ2) is 7.56. The predicted molar refractivity (Wildman–Crippen MR) is 111 cm³/mol. The molecule has 0 saturated heterocycles. The molecule has 1 aromatic carbocycles. The molecule has 0 aliphatic heterocycles.